The van der Waals surface area contributed by atoms with Crippen LogP contribution >= 0.6 is 11.6 Å². The second-order valence-electron chi connectivity index (χ2n) is 8.38. The zero-order valence-electron chi connectivity index (χ0n) is 18.7. The Balaban J connectivity index is 2.00. The molecule has 0 fully saturated rings. The highest BCUT2D eigenvalue weighted by Crippen LogP contribution is 2.26. The van der Waals surface area contributed by atoms with Gasteiger partial charge in [-0.2, -0.15) is 0 Å². The van der Waals surface area contributed by atoms with E-state index < -0.39 is 16.1 Å². The number of benzene rings is 2. The predicted octanol–water partition coefficient (Wildman–Crippen LogP) is 4.38. The Hall–Kier alpha value is -2.25. The second kappa shape index (κ2) is 10.4. The molecule has 170 valence electrons. The van der Waals surface area contributed by atoms with Crippen LogP contribution in [0.25, 0.3) is 0 Å². The third-order valence-electron chi connectivity index (χ3n) is 4.78. The van der Waals surface area contributed by atoms with Gasteiger partial charge in [0.2, 0.25) is 15.9 Å². The minimum absolute atomic E-state index is 0.0656. The Morgan fingerprint density at radius 3 is 2.32 bits per heavy atom. The van der Waals surface area contributed by atoms with Gasteiger partial charge in [0.25, 0.3) is 0 Å². The number of nitrogens with one attached hydrogen (secondary N) is 1. The first-order valence-electron chi connectivity index (χ1n) is 10.2. The number of nitrogens with zero attached hydrogens (tertiary/aromatic N) is 1. The number of sulfonamides is 1. The van der Waals surface area contributed by atoms with Crippen LogP contribution in [0.3, 0.4) is 0 Å². The van der Waals surface area contributed by atoms with E-state index in [4.69, 9.17) is 16.3 Å². The minimum atomic E-state index is -3.70. The van der Waals surface area contributed by atoms with Gasteiger partial charge in [0.05, 0.1) is 18.5 Å². The molecule has 0 saturated heterocycles. The van der Waals surface area contributed by atoms with Crippen molar-refractivity contribution in [3.8, 4) is 5.75 Å². The lowest BCUT2D eigenvalue weighted by Crippen LogP contribution is -2.50. The molecule has 8 heteroatoms. The van der Waals surface area contributed by atoms with Crippen LogP contribution in [0.2, 0.25) is 5.02 Å². The molecule has 0 radical (unpaired) electrons. The Bertz CT molecular complexity index is 985. The highest BCUT2D eigenvalue weighted by Gasteiger charge is 2.31. The molecule has 0 spiro atoms. The number of ether oxygens (including phenoxy) is 1. The molecule has 0 saturated carbocycles. The first-order valence-corrected chi connectivity index (χ1v) is 12.4. The van der Waals surface area contributed by atoms with Gasteiger partial charge in [-0.15, -0.1) is 0 Å². The number of anilines is 1. The molecule has 0 aliphatic carbocycles. The molecule has 0 unspecified atom stereocenters. The van der Waals surface area contributed by atoms with Gasteiger partial charge in [0.1, 0.15) is 18.4 Å². The molecule has 2 rings (SSSR count). The monoisotopic (exact) mass is 466 g/mol. The van der Waals surface area contributed by atoms with Crippen LogP contribution in [-0.4, -0.2) is 39.8 Å². The van der Waals surface area contributed by atoms with Gasteiger partial charge in [0.15, 0.2) is 0 Å². The van der Waals surface area contributed by atoms with Gasteiger partial charge in [-0.1, -0.05) is 57.5 Å². The average molecular weight is 467 g/mol. The second-order valence-corrected chi connectivity index (χ2v) is 10.7. The standard InChI is InChI=1S/C23H31ClN2O4S/c1-6-21(26(31(5,28)29)19-9-7-8-18(24)16-19)22(27)25-14-15-30-20-12-10-17(11-13-20)23(2,3)4/h7-13,16,21H,6,14-15H2,1-5H3,(H,25,27)/t21-/m0/s1. The van der Waals surface area contributed by atoms with Crippen molar-refractivity contribution < 1.29 is 17.9 Å². The molecule has 2 aromatic rings. The number of carbonyl (C=O) groups is 1. The fourth-order valence-electron chi connectivity index (χ4n) is 3.19. The van der Waals surface area contributed by atoms with E-state index in [1.807, 2.05) is 24.3 Å². The Morgan fingerprint density at radius 2 is 1.81 bits per heavy atom. The summed E-state index contributed by atoms with van der Waals surface area (Å²) >= 11 is 6.02. The van der Waals surface area contributed by atoms with Crippen LogP contribution in [0.5, 0.6) is 5.75 Å². The van der Waals surface area contributed by atoms with E-state index in [9.17, 15) is 13.2 Å². The molecule has 1 amide bonds. The third-order valence-corrected chi connectivity index (χ3v) is 6.20. The summed E-state index contributed by atoms with van der Waals surface area (Å²) in [5.74, 6) is 0.325. The van der Waals surface area contributed by atoms with Crippen molar-refractivity contribution in [1.29, 1.82) is 0 Å². The molecule has 31 heavy (non-hydrogen) atoms. The quantitative estimate of drug-likeness (QED) is 0.556. The predicted molar refractivity (Wildman–Crippen MR) is 127 cm³/mol. The van der Waals surface area contributed by atoms with Crippen LogP contribution < -0.4 is 14.4 Å². The Kier molecular flexibility index (Phi) is 8.37. The number of halogens is 1. The van der Waals surface area contributed by atoms with Gasteiger partial charge in [-0.25, -0.2) is 8.42 Å². The lowest BCUT2D eigenvalue weighted by atomic mass is 9.87. The van der Waals surface area contributed by atoms with E-state index in [0.29, 0.717) is 22.9 Å². The summed E-state index contributed by atoms with van der Waals surface area (Å²) in [6.07, 6.45) is 1.38. The summed E-state index contributed by atoms with van der Waals surface area (Å²) in [6, 6.07) is 13.4. The van der Waals surface area contributed by atoms with E-state index in [0.717, 1.165) is 10.6 Å². The molecule has 0 bridgehead atoms. The van der Waals surface area contributed by atoms with E-state index in [2.05, 4.69) is 26.1 Å². The van der Waals surface area contributed by atoms with Gasteiger partial charge in [0, 0.05) is 5.02 Å². The molecule has 1 atom stereocenters. The summed E-state index contributed by atoms with van der Waals surface area (Å²) in [7, 11) is -3.70. The first-order chi connectivity index (χ1) is 14.4. The van der Waals surface area contributed by atoms with Crippen molar-refractivity contribution in [3.05, 3.63) is 59.1 Å². The van der Waals surface area contributed by atoms with Crippen LogP contribution in [0.1, 0.15) is 39.7 Å². The van der Waals surface area contributed by atoms with Crippen LogP contribution in [0.15, 0.2) is 48.5 Å². The first kappa shape index (κ1) is 25.0. The highest BCUT2D eigenvalue weighted by atomic mass is 35.5. The summed E-state index contributed by atoms with van der Waals surface area (Å²) in [5, 5.41) is 3.17. The van der Waals surface area contributed by atoms with Gasteiger partial charge >= 0.3 is 0 Å². The zero-order valence-corrected chi connectivity index (χ0v) is 20.3. The smallest absolute Gasteiger partial charge is 0.244 e. The average Bonchev–Trinajstić information content (AvgIpc) is 2.67. The van der Waals surface area contributed by atoms with E-state index in [1.165, 1.54) is 11.6 Å². The van der Waals surface area contributed by atoms with Crippen molar-refractivity contribution in [2.75, 3.05) is 23.7 Å². The van der Waals surface area contributed by atoms with Crippen LogP contribution in [-0.2, 0) is 20.2 Å². The van der Waals surface area contributed by atoms with Crippen molar-refractivity contribution in [2.24, 2.45) is 0 Å². The van der Waals surface area contributed by atoms with Gasteiger partial charge in [-0.05, 0) is 47.7 Å². The lowest BCUT2D eigenvalue weighted by Gasteiger charge is -2.30. The minimum Gasteiger partial charge on any atom is -0.492 e. The molecular formula is C23H31ClN2O4S. The SMILES string of the molecule is CC[C@@H](C(=O)NCCOc1ccc(C(C)(C)C)cc1)N(c1cccc(Cl)c1)S(C)(=O)=O. The molecule has 0 aliphatic heterocycles. The fraction of sp³-hybridized carbons (Fsp3) is 0.435. The number of amides is 1. The van der Waals surface area contributed by atoms with Crippen molar-refractivity contribution in [3.63, 3.8) is 0 Å². The van der Waals surface area contributed by atoms with Crippen molar-refractivity contribution >= 4 is 33.2 Å². The summed E-state index contributed by atoms with van der Waals surface area (Å²) in [6.45, 7) is 8.72. The van der Waals surface area contributed by atoms with Gasteiger partial charge in [-0.3, -0.25) is 9.10 Å². The maximum Gasteiger partial charge on any atom is 0.244 e. The highest BCUT2D eigenvalue weighted by molar-refractivity contribution is 7.92. The zero-order chi connectivity index (χ0) is 23.2. The van der Waals surface area contributed by atoms with Gasteiger partial charge < -0.3 is 10.1 Å². The van der Waals surface area contributed by atoms with E-state index in [1.54, 1.807) is 25.1 Å². The number of carbonyl (C=O) groups excluding carboxylic acids is 1. The Morgan fingerprint density at radius 1 is 1.16 bits per heavy atom. The summed E-state index contributed by atoms with van der Waals surface area (Å²) < 4.78 is 31.7. The largest absolute Gasteiger partial charge is 0.492 e. The van der Waals surface area contributed by atoms with E-state index >= 15 is 0 Å². The molecule has 2 aromatic carbocycles. The topological polar surface area (TPSA) is 75.7 Å². The number of rotatable bonds is 9. The molecule has 0 aliphatic rings. The molecular weight excluding hydrogens is 436 g/mol. The third kappa shape index (κ3) is 7.14. The number of hydrogen-bond acceptors (Lipinski definition) is 4. The molecule has 0 heterocycles. The fourth-order valence-corrected chi connectivity index (χ4v) is 4.57. The van der Waals surface area contributed by atoms with Crippen LogP contribution in [0.4, 0.5) is 5.69 Å². The molecule has 0 aromatic heterocycles. The normalized spacial score (nSPS) is 12.8. The lowest BCUT2D eigenvalue weighted by molar-refractivity contribution is -0.122. The Labute approximate surface area is 190 Å². The molecule has 1 N–H and O–H groups in total. The van der Waals surface area contributed by atoms with Crippen molar-refractivity contribution in [1.82, 2.24) is 5.32 Å². The maximum atomic E-state index is 12.8. The maximum absolute atomic E-state index is 12.8. The molecule has 6 nitrogen and oxygen atoms in total. The van der Waals surface area contributed by atoms with E-state index in [-0.39, 0.29) is 24.5 Å². The number of hydrogen-bond donors (Lipinski definition) is 1. The summed E-state index contributed by atoms with van der Waals surface area (Å²) in [4.78, 5) is 12.8. The summed E-state index contributed by atoms with van der Waals surface area (Å²) in [5.41, 5.74) is 1.63. The van der Waals surface area contributed by atoms with Crippen molar-refractivity contribution in [2.45, 2.75) is 45.6 Å². The van der Waals surface area contributed by atoms with Crippen LogP contribution in [0, 0.1) is 0 Å².